The van der Waals surface area contributed by atoms with Crippen LogP contribution in [0.5, 0.6) is 0 Å². The first kappa shape index (κ1) is 19.9. The molecule has 0 radical (unpaired) electrons. The summed E-state index contributed by atoms with van der Waals surface area (Å²) in [6.07, 6.45) is 5.55. The SMILES string of the molecule is CC(C)NC(=O)CN1C(=O)C(C)(C)c2cc3[nH]c4c(c3cc21)CCCC1=C[NH][In]=[C]14. The van der Waals surface area contributed by atoms with Gasteiger partial charge in [0, 0.05) is 0 Å². The number of allylic oxidation sites excluding steroid dienone is 1. The molecule has 0 bridgehead atoms. The number of carbonyl (C=O) groups is 2. The molecule has 2 aromatic rings. The molecule has 0 saturated carbocycles. The Morgan fingerprint density at radius 2 is 2.10 bits per heavy atom. The van der Waals surface area contributed by atoms with Gasteiger partial charge in [0.05, 0.1) is 0 Å². The zero-order valence-electron chi connectivity index (χ0n) is 18.0. The molecule has 1 aromatic carbocycles. The van der Waals surface area contributed by atoms with Crippen LogP contribution in [0.1, 0.15) is 57.4 Å². The third-order valence-corrected chi connectivity index (χ3v) is 10.1. The van der Waals surface area contributed by atoms with Crippen LogP contribution in [0.2, 0.25) is 0 Å². The summed E-state index contributed by atoms with van der Waals surface area (Å²) in [4.78, 5) is 31.1. The normalized spacial score (nSPS) is 18.8. The maximum absolute atomic E-state index is 13.2. The molecule has 6 nitrogen and oxygen atoms in total. The maximum atomic E-state index is 13.2. The van der Waals surface area contributed by atoms with E-state index in [1.54, 1.807) is 8.16 Å². The Hall–Kier alpha value is -2.02. The molecule has 0 saturated heterocycles. The van der Waals surface area contributed by atoms with Crippen LogP contribution >= 0.6 is 0 Å². The van der Waals surface area contributed by atoms with Gasteiger partial charge in [-0.1, -0.05) is 0 Å². The van der Waals surface area contributed by atoms with Crippen LogP contribution in [0.3, 0.4) is 0 Å². The number of hydrogen-bond acceptors (Lipinski definition) is 3. The van der Waals surface area contributed by atoms with Gasteiger partial charge in [-0.15, -0.1) is 0 Å². The Labute approximate surface area is 187 Å². The molecule has 5 rings (SSSR count). The second-order valence-electron chi connectivity index (χ2n) is 9.38. The van der Waals surface area contributed by atoms with Gasteiger partial charge in [-0.05, 0) is 0 Å². The van der Waals surface area contributed by atoms with E-state index in [4.69, 9.17) is 0 Å². The number of hydrogen-bond donors (Lipinski definition) is 3. The molecule has 2 amide bonds. The number of fused-ring (bicyclic) bond motifs is 6. The van der Waals surface area contributed by atoms with Crippen molar-refractivity contribution >= 4 is 54.4 Å². The number of H-pyrrole nitrogens is 1. The van der Waals surface area contributed by atoms with Crippen molar-refractivity contribution in [2.75, 3.05) is 11.4 Å². The summed E-state index contributed by atoms with van der Waals surface area (Å²) in [5, 5.41) is 4.12. The van der Waals surface area contributed by atoms with Gasteiger partial charge in [0.25, 0.3) is 0 Å². The zero-order chi connectivity index (χ0) is 21.2. The third kappa shape index (κ3) is 2.96. The number of rotatable bonds is 3. The van der Waals surface area contributed by atoms with Crippen molar-refractivity contribution in [3.8, 4) is 0 Å². The number of aromatic nitrogens is 1. The van der Waals surface area contributed by atoms with E-state index in [1.165, 1.54) is 22.2 Å². The zero-order valence-corrected chi connectivity index (χ0v) is 21.3. The molecule has 0 fully saturated rings. The van der Waals surface area contributed by atoms with E-state index in [1.807, 2.05) is 27.7 Å². The number of nitrogens with one attached hydrogen (secondary N) is 3. The van der Waals surface area contributed by atoms with Gasteiger partial charge in [0.15, 0.2) is 0 Å². The second-order valence-corrected chi connectivity index (χ2v) is 12.8. The minimum absolute atomic E-state index is 0.00938. The van der Waals surface area contributed by atoms with Crippen molar-refractivity contribution in [2.24, 2.45) is 0 Å². The Kier molecular flexibility index (Phi) is 4.65. The van der Waals surface area contributed by atoms with E-state index in [9.17, 15) is 9.59 Å². The van der Waals surface area contributed by atoms with E-state index in [0.29, 0.717) is 0 Å². The molecule has 7 heteroatoms. The summed E-state index contributed by atoms with van der Waals surface area (Å²) in [7, 11) is 0. The van der Waals surface area contributed by atoms with E-state index >= 15 is 0 Å². The summed E-state index contributed by atoms with van der Waals surface area (Å²) >= 11 is -0.973. The van der Waals surface area contributed by atoms with Gasteiger partial charge in [0.1, 0.15) is 0 Å². The van der Waals surface area contributed by atoms with Crippen molar-refractivity contribution in [3.63, 3.8) is 0 Å². The third-order valence-electron chi connectivity index (χ3n) is 6.49. The molecule has 0 unspecified atom stereocenters. The first-order valence-electron chi connectivity index (χ1n) is 10.7. The number of carbonyl (C=O) groups excluding carboxylic acids is 2. The van der Waals surface area contributed by atoms with Crippen molar-refractivity contribution in [1.82, 2.24) is 13.6 Å². The fourth-order valence-electron chi connectivity index (χ4n) is 5.02. The predicted molar refractivity (Wildman–Crippen MR) is 121 cm³/mol. The minimum atomic E-state index is -0.973. The summed E-state index contributed by atoms with van der Waals surface area (Å²) < 4.78 is 5.11. The number of aromatic amines is 1. The molecule has 1 aliphatic carbocycles. The van der Waals surface area contributed by atoms with Crippen LogP contribution in [-0.2, 0) is 21.4 Å². The molecule has 2 aliphatic heterocycles. The van der Waals surface area contributed by atoms with Crippen LogP contribution in [0.4, 0.5) is 5.69 Å². The first-order valence-corrected chi connectivity index (χ1v) is 14.0. The summed E-state index contributed by atoms with van der Waals surface area (Å²) in [6.45, 7) is 7.85. The van der Waals surface area contributed by atoms with Crippen LogP contribution in [0, 0.1) is 0 Å². The molecular weight excluding hydrogens is 479 g/mol. The molecule has 3 heterocycles. The number of amides is 2. The van der Waals surface area contributed by atoms with Crippen molar-refractivity contribution in [1.29, 1.82) is 0 Å². The van der Waals surface area contributed by atoms with E-state index in [2.05, 4.69) is 31.9 Å². The summed E-state index contributed by atoms with van der Waals surface area (Å²) in [5.74, 6) is -0.129. The number of nitrogens with zero attached hydrogens (tertiary/aromatic N) is 1. The van der Waals surface area contributed by atoms with Gasteiger partial charge in [0.2, 0.25) is 0 Å². The Morgan fingerprint density at radius 3 is 2.87 bits per heavy atom. The average Bonchev–Trinajstić information content (AvgIpc) is 3.29. The second kappa shape index (κ2) is 7.01. The predicted octanol–water partition coefficient (Wildman–Crippen LogP) is 2.28. The molecular formula is C23H27InN4O2. The van der Waals surface area contributed by atoms with Crippen molar-refractivity contribution < 1.29 is 9.59 Å². The van der Waals surface area contributed by atoms with Gasteiger partial charge < -0.3 is 0 Å². The molecule has 154 valence electrons. The quantitative estimate of drug-likeness (QED) is 0.598. The molecule has 30 heavy (non-hydrogen) atoms. The molecule has 1 aromatic heterocycles. The summed E-state index contributed by atoms with van der Waals surface area (Å²) in [6, 6.07) is 4.35. The fourth-order valence-corrected chi connectivity index (χ4v) is 8.60. The van der Waals surface area contributed by atoms with Gasteiger partial charge >= 0.3 is 188 Å². The topological polar surface area (TPSA) is 77.2 Å². The fraction of sp³-hybridized carbons (Fsp3) is 0.435. The van der Waals surface area contributed by atoms with Gasteiger partial charge in [-0.25, -0.2) is 0 Å². The monoisotopic (exact) mass is 506 g/mol. The standard InChI is InChI=1S/C23H27N4O2.In/c1-13(2)25-21(28)12-27-20-9-16-15-7-5-6-14(11-24)8-18(15)26-19(16)10-17(20)23(3,4)22(27)29;/h9-11,13,24,26H,5-7,12H2,1-4H3,(H,25,28);/q-1;+1. The van der Waals surface area contributed by atoms with Crippen LogP contribution < -0.4 is 13.5 Å². The number of aryl methyl sites for hydroxylation is 1. The number of anilines is 1. The van der Waals surface area contributed by atoms with Gasteiger partial charge in [-0.2, -0.15) is 0 Å². The summed E-state index contributed by atoms with van der Waals surface area (Å²) in [5.41, 5.74) is 6.53. The first-order chi connectivity index (χ1) is 14.3. The average molecular weight is 506 g/mol. The Balaban J connectivity index is 1.64. The Morgan fingerprint density at radius 1 is 1.30 bits per heavy atom. The van der Waals surface area contributed by atoms with Crippen LogP contribution in [0.25, 0.3) is 10.9 Å². The van der Waals surface area contributed by atoms with Crippen molar-refractivity contribution in [3.05, 3.63) is 40.7 Å². The molecule has 3 aliphatic rings. The molecule has 0 atom stereocenters. The molecule has 3 N–H and O–H groups in total. The number of benzene rings is 1. The van der Waals surface area contributed by atoms with Gasteiger partial charge in [-0.3, -0.25) is 0 Å². The van der Waals surface area contributed by atoms with Crippen LogP contribution in [-0.4, -0.2) is 55.4 Å². The van der Waals surface area contributed by atoms with Crippen molar-refractivity contribution in [2.45, 2.75) is 58.4 Å². The van der Waals surface area contributed by atoms with E-state index in [-0.39, 0.29) is 24.4 Å². The van der Waals surface area contributed by atoms with Crippen LogP contribution in [0.15, 0.2) is 23.9 Å². The van der Waals surface area contributed by atoms with E-state index in [0.717, 1.165) is 36.0 Å². The van der Waals surface area contributed by atoms with E-state index < -0.39 is 28.1 Å². The Bertz CT molecular complexity index is 1160. The molecule has 0 spiro atoms.